The van der Waals surface area contributed by atoms with Crippen molar-refractivity contribution < 1.29 is 9.53 Å². The van der Waals surface area contributed by atoms with Crippen molar-refractivity contribution >= 4 is 39.5 Å². The van der Waals surface area contributed by atoms with E-state index in [1.807, 2.05) is 42.8 Å². The molecule has 0 aliphatic rings. The highest BCUT2D eigenvalue weighted by molar-refractivity contribution is 14.1. The van der Waals surface area contributed by atoms with Crippen LogP contribution in [0.4, 0.5) is 0 Å². The first-order chi connectivity index (χ1) is 8.13. The fraction of sp³-hybridized carbons (Fsp3) is 0.308. The Bertz CT molecular complexity index is 547. The molecule has 1 unspecified atom stereocenters. The third-order valence-electron chi connectivity index (χ3n) is 2.73. The lowest BCUT2D eigenvalue weighted by atomic mass is 10.2. The van der Waals surface area contributed by atoms with Crippen molar-refractivity contribution in [3.63, 3.8) is 0 Å². The number of halogens is 1. The van der Waals surface area contributed by atoms with E-state index in [1.54, 1.807) is 0 Å². The van der Waals surface area contributed by atoms with Crippen molar-refractivity contribution in [2.24, 2.45) is 0 Å². The van der Waals surface area contributed by atoms with Crippen LogP contribution >= 0.6 is 22.6 Å². The summed E-state index contributed by atoms with van der Waals surface area (Å²) in [6, 6.07) is 7.91. The van der Waals surface area contributed by atoms with E-state index in [0.717, 1.165) is 10.9 Å². The van der Waals surface area contributed by atoms with Crippen molar-refractivity contribution in [3.05, 3.63) is 34.0 Å². The molecular formula is C13H14INO2. The molecular weight excluding hydrogens is 329 g/mol. The molecule has 2 aromatic rings. The van der Waals surface area contributed by atoms with E-state index in [2.05, 4.69) is 28.7 Å². The van der Waals surface area contributed by atoms with Gasteiger partial charge >= 0.3 is 5.97 Å². The first-order valence-electron chi connectivity index (χ1n) is 5.56. The van der Waals surface area contributed by atoms with Crippen LogP contribution in [0.15, 0.2) is 30.5 Å². The molecule has 2 rings (SSSR count). The fourth-order valence-electron chi connectivity index (χ4n) is 1.85. The van der Waals surface area contributed by atoms with Gasteiger partial charge in [-0.25, -0.2) is 4.79 Å². The van der Waals surface area contributed by atoms with Gasteiger partial charge in [0.15, 0.2) is 0 Å². The largest absolute Gasteiger partial charge is 0.464 e. The number of aromatic nitrogens is 1. The lowest BCUT2D eigenvalue weighted by Crippen LogP contribution is -2.18. The minimum atomic E-state index is -0.285. The average molecular weight is 343 g/mol. The second kappa shape index (κ2) is 5.08. The number of hydrogen-bond donors (Lipinski definition) is 0. The summed E-state index contributed by atoms with van der Waals surface area (Å²) in [5.41, 5.74) is 1.06. The van der Waals surface area contributed by atoms with Gasteiger partial charge < -0.3 is 9.30 Å². The summed E-state index contributed by atoms with van der Waals surface area (Å²) in [5, 5.41) is 1.15. The fourth-order valence-corrected chi connectivity index (χ4v) is 2.36. The molecule has 90 valence electrons. The standard InChI is InChI=1S/C13H14INO2/c1-3-17-13(16)9(2)15-7-6-10-8-11(14)4-5-12(10)15/h4-9H,3H2,1-2H3. The maximum atomic E-state index is 11.7. The Morgan fingerprint density at radius 1 is 1.47 bits per heavy atom. The van der Waals surface area contributed by atoms with Gasteiger partial charge in [-0.05, 0) is 60.7 Å². The summed E-state index contributed by atoms with van der Waals surface area (Å²) in [7, 11) is 0. The van der Waals surface area contributed by atoms with Crippen LogP contribution in [0.5, 0.6) is 0 Å². The predicted molar refractivity (Wildman–Crippen MR) is 76.0 cm³/mol. The number of fused-ring (bicyclic) bond motifs is 1. The number of carbonyl (C=O) groups excluding carboxylic acids is 1. The van der Waals surface area contributed by atoms with Crippen LogP contribution in [0.3, 0.4) is 0 Å². The van der Waals surface area contributed by atoms with E-state index in [9.17, 15) is 4.79 Å². The zero-order valence-corrected chi connectivity index (χ0v) is 12.0. The number of carbonyl (C=O) groups is 1. The molecule has 0 spiro atoms. The van der Waals surface area contributed by atoms with E-state index in [1.165, 1.54) is 3.57 Å². The van der Waals surface area contributed by atoms with Gasteiger partial charge in [-0.15, -0.1) is 0 Å². The molecule has 0 aliphatic carbocycles. The van der Waals surface area contributed by atoms with Gasteiger partial charge in [0.1, 0.15) is 6.04 Å². The molecule has 0 saturated heterocycles. The Morgan fingerprint density at radius 3 is 2.94 bits per heavy atom. The van der Waals surface area contributed by atoms with Crippen LogP contribution in [-0.2, 0) is 9.53 Å². The quantitative estimate of drug-likeness (QED) is 0.632. The smallest absolute Gasteiger partial charge is 0.328 e. The molecule has 0 N–H and O–H groups in total. The summed E-state index contributed by atoms with van der Waals surface area (Å²) in [6.07, 6.45) is 1.93. The summed E-state index contributed by atoms with van der Waals surface area (Å²) in [4.78, 5) is 11.7. The summed E-state index contributed by atoms with van der Waals surface area (Å²) >= 11 is 2.28. The van der Waals surface area contributed by atoms with Gasteiger partial charge in [0, 0.05) is 20.7 Å². The molecule has 1 atom stereocenters. The molecule has 3 nitrogen and oxygen atoms in total. The number of ether oxygens (including phenoxy) is 1. The van der Waals surface area contributed by atoms with E-state index in [0.29, 0.717) is 6.61 Å². The van der Waals surface area contributed by atoms with Gasteiger partial charge in [0.25, 0.3) is 0 Å². The number of esters is 1. The second-order valence-corrected chi connectivity index (χ2v) is 5.10. The summed E-state index contributed by atoms with van der Waals surface area (Å²) in [5.74, 6) is -0.191. The van der Waals surface area contributed by atoms with Crippen LogP contribution in [0.1, 0.15) is 19.9 Å². The van der Waals surface area contributed by atoms with E-state index in [4.69, 9.17) is 4.74 Å². The van der Waals surface area contributed by atoms with Gasteiger partial charge in [0.05, 0.1) is 6.61 Å². The van der Waals surface area contributed by atoms with Crippen LogP contribution in [0.25, 0.3) is 10.9 Å². The number of hydrogen-bond acceptors (Lipinski definition) is 2. The van der Waals surface area contributed by atoms with Gasteiger partial charge in [-0.1, -0.05) is 0 Å². The highest BCUT2D eigenvalue weighted by atomic mass is 127. The molecule has 1 aromatic heterocycles. The Labute approximate surface area is 114 Å². The maximum absolute atomic E-state index is 11.7. The normalized spacial score (nSPS) is 12.6. The zero-order chi connectivity index (χ0) is 12.4. The highest BCUT2D eigenvalue weighted by Crippen LogP contribution is 2.22. The first-order valence-corrected chi connectivity index (χ1v) is 6.64. The number of benzene rings is 1. The average Bonchev–Trinajstić information content (AvgIpc) is 2.71. The number of rotatable bonds is 3. The summed E-state index contributed by atoms with van der Waals surface area (Å²) in [6.45, 7) is 4.09. The SMILES string of the molecule is CCOC(=O)C(C)n1ccc2cc(I)ccc21. The topological polar surface area (TPSA) is 31.2 Å². The number of nitrogens with zero attached hydrogens (tertiary/aromatic N) is 1. The molecule has 4 heteroatoms. The molecule has 0 radical (unpaired) electrons. The first kappa shape index (κ1) is 12.4. The van der Waals surface area contributed by atoms with Crippen LogP contribution in [0.2, 0.25) is 0 Å². The lowest BCUT2D eigenvalue weighted by molar-refractivity contribution is -0.146. The van der Waals surface area contributed by atoms with Gasteiger partial charge in [-0.2, -0.15) is 0 Å². The molecule has 0 saturated carbocycles. The molecule has 1 aromatic carbocycles. The third kappa shape index (κ3) is 2.46. The monoisotopic (exact) mass is 343 g/mol. The molecule has 0 bridgehead atoms. The van der Waals surface area contributed by atoms with Crippen molar-refractivity contribution in [1.29, 1.82) is 0 Å². The zero-order valence-electron chi connectivity index (χ0n) is 9.81. The maximum Gasteiger partial charge on any atom is 0.328 e. The highest BCUT2D eigenvalue weighted by Gasteiger charge is 2.17. The van der Waals surface area contributed by atoms with E-state index in [-0.39, 0.29) is 12.0 Å². The van der Waals surface area contributed by atoms with Crippen molar-refractivity contribution in [2.45, 2.75) is 19.9 Å². The van der Waals surface area contributed by atoms with E-state index >= 15 is 0 Å². The Hall–Kier alpha value is -1.04. The van der Waals surface area contributed by atoms with Gasteiger partial charge in [-0.3, -0.25) is 0 Å². The van der Waals surface area contributed by atoms with Crippen molar-refractivity contribution in [1.82, 2.24) is 4.57 Å². The predicted octanol–water partition coefficient (Wildman–Crippen LogP) is 3.37. The molecule has 0 amide bonds. The summed E-state index contributed by atoms with van der Waals surface area (Å²) < 4.78 is 8.18. The lowest BCUT2D eigenvalue weighted by Gasteiger charge is -2.13. The third-order valence-corrected chi connectivity index (χ3v) is 3.40. The molecule has 1 heterocycles. The second-order valence-electron chi connectivity index (χ2n) is 3.85. The minimum absolute atomic E-state index is 0.191. The van der Waals surface area contributed by atoms with Crippen LogP contribution < -0.4 is 0 Å². The van der Waals surface area contributed by atoms with Crippen LogP contribution in [-0.4, -0.2) is 17.1 Å². The van der Waals surface area contributed by atoms with Gasteiger partial charge in [0.2, 0.25) is 0 Å². The minimum Gasteiger partial charge on any atom is -0.464 e. The Balaban J connectivity index is 2.39. The molecule has 0 aliphatic heterocycles. The molecule has 17 heavy (non-hydrogen) atoms. The molecule has 0 fully saturated rings. The van der Waals surface area contributed by atoms with Crippen molar-refractivity contribution in [3.8, 4) is 0 Å². The van der Waals surface area contributed by atoms with Crippen molar-refractivity contribution in [2.75, 3.05) is 6.61 Å². The van der Waals surface area contributed by atoms with E-state index < -0.39 is 0 Å². The van der Waals surface area contributed by atoms with Crippen LogP contribution in [0, 0.1) is 3.57 Å². The Kier molecular flexibility index (Phi) is 3.71. The Morgan fingerprint density at radius 2 is 2.24 bits per heavy atom.